The van der Waals surface area contributed by atoms with Gasteiger partial charge < -0.3 is 15.0 Å². The SMILES string of the molecule is CCOc1ccc(S(=O)(=O)N(CC(=O)N(Cc2cccc(Cl)c2)[C@@H](Cc2ccccc2)C(=O)NCC(C)C)c2ccc(F)cc2)cc1. The molecule has 8 nitrogen and oxygen atoms in total. The fourth-order valence-corrected chi connectivity index (χ4v) is 6.57. The van der Waals surface area contributed by atoms with Crippen molar-refractivity contribution < 1.29 is 27.1 Å². The van der Waals surface area contributed by atoms with Crippen molar-refractivity contribution in [1.82, 2.24) is 10.2 Å². The molecule has 0 aromatic heterocycles. The summed E-state index contributed by atoms with van der Waals surface area (Å²) in [6.07, 6.45) is 0.180. The lowest BCUT2D eigenvalue weighted by molar-refractivity contribution is -0.140. The van der Waals surface area contributed by atoms with Crippen LogP contribution in [-0.4, -0.2) is 50.9 Å². The molecule has 1 atom stereocenters. The molecular formula is C36H39ClFN3O5S. The molecule has 0 radical (unpaired) electrons. The number of sulfonamides is 1. The van der Waals surface area contributed by atoms with E-state index in [0.717, 1.165) is 22.0 Å². The Kier molecular flexibility index (Phi) is 12.4. The van der Waals surface area contributed by atoms with Crippen LogP contribution in [0.5, 0.6) is 5.75 Å². The van der Waals surface area contributed by atoms with Crippen LogP contribution in [-0.2, 0) is 32.6 Å². The smallest absolute Gasteiger partial charge is 0.264 e. The van der Waals surface area contributed by atoms with Crippen LogP contribution in [0.2, 0.25) is 5.02 Å². The van der Waals surface area contributed by atoms with Crippen molar-refractivity contribution in [2.24, 2.45) is 5.92 Å². The van der Waals surface area contributed by atoms with Crippen molar-refractivity contribution in [2.45, 2.75) is 44.7 Å². The summed E-state index contributed by atoms with van der Waals surface area (Å²) in [6, 6.07) is 25.9. The van der Waals surface area contributed by atoms with Gasteiger partial charge in [0.25, 0.3) is 10.0 Å². The molecule has 248 valence electrons. The first-order chi connectivity index (χ1) is 22.5. The van der Waals surface area contributed by atoms with Crippen LogP contribution in [0.15, 0.2) is 108 Å². The Labute approximate surface area is 281 Å². The summed E-state index contributed by atoms with van der Waals surface area (Å²) in [5.41, 5.74) is 1.56. The Hall–Kier alpha value is -4.41. The van der Waals surface area contributed by atoms with E-state index in [4.69, 9.17) is 16.3 Å². The second kappa shape index (κ2) is 16.4. The van der Waals surface area contributed by atoms with Gasteiger partial charge in [0.1, 0.15) is 24.2 Å². The second-order valence-electron chi connectivity index (χ2n) is 11.4. The molecule has 4 rings (SSSR count). The molecule has 1 N–H and O–H groups in total. The summed E-state index contributed by atoms with van der Waals surface area (Å²) in [5, 5.41) is 3.40. The van der Waals surface area contributed by atoms with Crippen LogP contribution in [0, 0.1) is 11.7 Å². The Bertz CT molecular complexity index is 1740. The zero-order valence-electron chi connectivity index (χ0n) is 26.6. The van der Waals surface area contributed by atoms with Crippen LogP contribution >= 0.6 is 11.6 Å². The molecule has 0 bridgehead atoms. The number of nitrogens with zero attached hydrogens (tertiary/aromatic N) is 2. The zero-order valence-corrected chi connectivity index (χ0v) is 28.2. The number of carbonyl (C=O) groups is 2. The topological polar surface area (TPSA) is 96.0 Å². The molecule has 11 heteroatoms. The Morgan fingerprint density at radius 1 is 0.894 bits per heavy atom. The second-order valence-corrected chi connectivity index (χ2v) is 13.7. The number of benzene rings is 4. The third-order valence-electron chi connectivity index (χ3n) is 7.31. The monoisotopic (exact) mass is 679 g/mol. The van der Waals surface area contributed by atoms with E-state index < -0.39 is 34.3 Å². The van der Waals surface area contributed by atoms with Gasteiger partial charge in [0.15, 0.2) is 0 Å². The maximum atomic E-state index is 14.5. The quantitative estimate of drug-likeness (QED) is 0.155. The molecule has 0 saturated heterocycles. The first-order valence-corrected chi connectivity index (χ1v) is 17.2. The number of nitrogens with one attached hydrogen (secondary N) is 1. The highest BCUT2D eigenvalue weighted by molar-refractivity contribution is 7.92. The number of hydrogen-bond acceptors (Lipinski definition) is 5. The minimum absolute atomic E-state index is 0.0215. The van der Waals surface area contributed by atoms with Gasteiger partial charge in [-0.25, -0.2) is 12.8 Å². The number of halogens is 2. The van der Waals surface area contributed by atoms with Crippen molar-refractivity contribution >= 4 is 39.1 Å². The van der Waals surface area contributed by atoms with E-state index in [1.165, 1.54) is 41.3 Å². The highest BCUT2D eigenvalue weighted by Gasteiger charge is 2.34. The highest BCUT2D eigenvalue weighted by Crippen LogP contribution is 2.27. The van der Waals surface area contributed by atoms with E-state index in [1.54, 1.807) is 24.3 Å². The Balaban J connectivity index is 1.79. The molecule has 47 heavy (non-hydrogen) atoms. The third-order valence-corrected chi connectivity index (χ3v) is 9.34. The normalized spacial score (nSPS) is 12.0. The summed E-state index contributed by atoms with van der Waals surface area (Å²) < 4.78 is 48.7. The molecule has 0 aliphatic carbocycles. The van der Waals surface area contributed by atoms with Gasteiger partial charge in [0.05, 0.1) is 17.2 Å². The van der Waals surface area contributed by atoms with Gasteiger partial charge >= 0.3 is 0 Å². The van der Waals surface area contributed by atoms with Crippen LogP contribution in [0.1, 0.15) is 31.9 Å². The molecular weight excluding hydrogens is 641 g/mol. The lowest BCUT2D eigenvalue weighted by atomic mass is 10.0. The molecule has 0 fully saturated rings. The van der Waals surface area contributed by atoms with E-state index in [0.29, 0.717) is 29.5 Å². The summed E-state index contributed by atoms with van der Waals surface area (Å²) in [7, 11) is -4.35. The predicted molar refractivity (Wildman–Crippen MR) is 182 cm³/mol. The van der Waals surface area contributed by atoms with Gasteiger partial charge in [-0.1, -0.05) is 67.9 Å². The maximum Gasteiger partial charge on any atom is 0.264 e. The fourth-order valence-electron chi connectivity index (χ4n) is 4.95. The predicted octanol–water partition coefficient (Wildman–Crippen LogP) is 6.49. The molecule has 0 aliphatic heterocycles. The summed E-state index contributed by atoms with van der Waals surface area (Å²) in [6.45, 7) is 5.85. The van der Waals surface area contributed by atoms with E-state index in [-0.39, 0.29) is 35.4 Å². The molecule has 0 spiro atoms. The van der Waals surface area contributed by atoms with Crippen molar-refractivity contribution in [1.29, 1.82) is 0 Å². The minimum Gasteiger partial charge on any atom is -0.494 e. The van der Waals surface area contributed by atoms with E-state index in [1.807, 2.05) is 51.1 Å². The van der Waals surface area contributed by atoms with Gasteiger partial charge in [-0.05, 0) is 84.6 Å². The Morgan fingerprint density at radius 3 is 2.17 bits per heavy atom. The first kappa shape index (κ1) is 35.4. The van der Waals surface area contributed by atoms with Crippen molar-refractivity contribution in [3.63, 3.8) is 0 Å². The average molecular weight is 680 g/mol. The fraction of sp³-hybridized carbons (Fsp3) is 0.278. The molecule has 4 aromatic rings. The minimum atomic E-state index is -4.35. The highest BCUT2D eigenvalue weighted by atomic mass is 35.5. The van der Waals surface area contributed by atoms with Crippen LogP contribution in [0.4, 0.5) is 10.1 Å². The number of amides is 2. The standard InChI is InChI=1S/C36H39ClFN3O5S/c1-4-46-32-17-19-33(20-18-32)47(44,45)41(31-15-13-30(38)14-16-31)25-35(42)40(24-28-11-8-12-29(37)21-28)34(36(43)39-23-26(2)3)22-27-9-6-5-7-10-27/h5-21,26,34H,4,22-25H2,1-3H3,(H,39,43)/t34-/m0/s1. The van der Waals surface area contributed by atoms with Gasteiger partial charge in [-0.15, -0.1) is 0 Å². The molecule has 2 amide bonds. The van der Waals surface area contributed by atoms with E-state index in [9.17, 15) is 22.4 Å². The van der Waals surface area contributed by atoms with E-state index in [2.05, 4.69) is 5.32 Å². The summed E-state index contributed by atoms with van der Waals surface area (Å²) in [4.78, 5) is 29.6. The van der Waals surface area contributed by atoms with Gasteiger partial charge in [-0.2, -0.15) is 0 Å². The molecule has 0 unspecified atom stereocenters. The number of hydrogen-bond donors (Lipinski definition) is 1. The van der Waals surface area contributed by atoms with Gasteiger partial charge in [0, 0.05) is 24.5 Å². The average Bonchev–Trinajstić information content (AvgIpc) is 3.05. The van der Waals surface area contributed by atoms with Gasteiger partial charge in [-0.3, -0.25) is 13.9 Å². The molecule has 0 heterocycles. The molecule has 0 saturated carbocycles. The Morgan fingerprint density at radius 2 is 1.55 bits per heavy atom. The number of rotatable bonds is 15. The third kappa shape index (κ3) is 9.79. The van der Waals surface area contributed by atoms with Crippen molar-refractivity contribution in [3.05, 3.63) is 125 Å². The zero-order chi connectivity index (χ0) is 34.0. The lowest BCUT2D eigenvalue weighted by Crippen LogP contribution is -2.53. The largest absolute Gasteiger partial charge is 0.494 e. The van der Waals surface area contributed by atoms with Gasteiger partial charge in [0.2, 0.25) is 11.8 Å². The number of anilines is 1. The van der Waals surface area contributed by atoms with Crippen LogP contribution < -0.4 is 14.4 Å². The summed E-state index contributed by atoms with van der Waals surface area (Å²) >= 11 is 6.29. The van der Waals surface area contributed by atoms with E-state index >= 15 is 0 Å². The summed E-state index contributed by atoms with van der Waals surface area (Å²) in [5.74, 6) is -0.933. The van der Waals surface area contributed by atoms with Crippen molar-refractivity contribution in [2.75, 3.05) is 24.0 Å². The maximum absolute atomic E-state index is 14.5. The first-order valence-electron chi connectivity index (χ1n) is 15.3. The van der Waals surface area contributed by atoms with Crippen LogP contribution in [0.25, 0.3) is 0 Å². The number of ether oxygens (including phenoxy) is 1. The number of carbonyl (C=O) groups excluding carboxylic acids is 2. The van der Waals surface area contributed by atoms with Crippen LogP contribution in [0.3, 0.4) is 0 Å². The molecule has 4 aromatic carbocycles. The molecule has 0 aliphatic rings. The van der Waals surface area contributed by atoms with Crippen molar-refractivity contribution in [3.8, 4) is 5.75 Å². The lowest BCUT2D eigenvalue weighted by Gasteiger charge is -2.34.